The first-order valence-electron chi connectivity index (χ1n) is 7.96. The summed E-state index contributed by atoms with van der Waals surface area (Å²) in [7, 11) is 1.90. The molecular formula is C16H24N4O2. The zero-order valence-corrected chi connectivity index (χ0v) is 13.4. The van der Waals surface area contributed by atoms with Gasteiger partial charge in [-0.15, -0.1) is 0 Å². The van der Waals surface area contributed by atoms with Crippen molar-refractivity contribution in [3.63, 3.8) is 0 Å². The van der Waals surface area contributed by atoms with Crippen molar-refractivity contribution >= 4 is 5.91 Å². The molecule has 0 aliphatic carbocycles. The Morgan fingerprint density at radius 2 is 2.09 bits per heavy atom. The summed E-state index contributed by atoms with van der Waals surface area (Å²) in [6.45, 7) is 8.02. The quantitative estimate of drug-likeness (QED) is 0.808. The van der Waals surface area contributed by atoms with E-state index in [1.54, 1.807) is 0 Å². The lowest BCUT2D eigenvalue weighted by atomic mass is 10.1. The van der Waals surface area contributed by atoms with Crippen molar-refractivity contribution in [2.45, 2.75) is 19.5 Å². The van der Waals surface area contributed by atoms with E-state index < -0.39 is 0 Å². The molecule has 0 unspecified atom stereocenters. The molecule has 0 radical (unpaired) electrons. The van der Waals surface area contributed by atoms with Crippen molar-refractivity contribution < 1.29 is 9.53 Å². The Kier molecular flexibility index (Phi) is 4.59. The number of hydrogen-bond donors (Lipinski definition) is 0. The van der Waals surface area contributed by atoms with Crippen molar-refractivity contribution in [3.05, 3.63) is 23.9 Å². The highest BCUT2D eigenvalue weighted by molar-refractivity contribution is 5.82. The lowest BCUT2D eigenvalue weighted by Gasteiger charge is -2.45. The summed E-state index contributed by atoms with van der Waals surface area (Å²) in [5, 5.41) is 0. The molecule has 1 amide bonds. The molecule has 6 nitrogen and oxygen atoms in total. The molecule has 3 heterocycles. The molecule has 2 fully saturated rings. The van der Waals surface area contributed by atoms with E-state index in [2.05, 4.69) is 20.9 Å². The molecule has 0 aromatic carbocycles. The summed E-state index contributed by atoms with van der Waals surface area (Å²) >= 11 is 0. The molecule has 120 valence electrons. The van der Waals surface area contributed by atoms with Gasteiger partial charge >= 0.3 is 0 Å². The van der Waals surface area contributed by atoms with Gasteiger partial charge in [0.05, 0.1) is 6.61 Å². The third-order valence-corrected chi connectivity index (χ3v) is 4.46. The second-order valence-corrected chi connectivity index (χ2v) is 5.98. The Bertz CT molecular complexity index is 519. The van der Waals surface area contributed by atoms with Crippen LogP contribution in [-0.4, -0.2) is 78.0 Å². The fraction of sp³-hybridized carbons (Fsp3) is 0.625. The summed E-state index contributed by atoms with van der Waals surface area (Å²) in [6.07, 6.45) is 1.87. The monoisotopic (exact) mass is 304 g/mol. The summed E-state index contributed by atoms with van der Waals surface area (Å²) in [5.74, 6) is 0.918. The van der Waals surface area contributed by atoms with Crippen LogP contribution < -0.4 is 4.74 Å². The maximum absolute atomic E-state index is 12.3. The molecule has 2 saturated heterocycles. The normalized spacial score (nSPS) is 23.5. The molecule has 1 atom stereocenters. The smallest absolute Gasteiger partial charge is 0.241 e. The minimum absolute atomic E-state index is 0.0168. The van der Waals surface area contributed by atoms with Crippen LogP contribution in [0.15, 0.2) is 18.3 Å². The van der Waals surface area contributed by atoms with Crippen LogP contribution in [0.4, 0.5) is 0 Å². The summed E-state index contributed by atoms with van der Waals surface area (Å²) in [6, 6.07) is 3.98. The van der Waals surface area contributed by atoms with Crippen LogP contribution >= 0.6 is 0 Å². The number of rotatable bonds is 4. The lowest BCUT2D eigenvalue weighted by Crippen LogP contribution is -2.63. The number of carbonyl (C=O) groups is 1. The zero-order chi connectivity index (χ0) is 15.5. The molecule has 0 spiro atoms. The van der Waals surface area contributed by atoms with E-state index in [-0.39, 0.29) is 11.9 Å². The van der Waals surface area contributed by atoms with Crippen molar-refractivity contribution in [1.29, 1.82) is 0 Å². The molecule has 2 aliphatic heterocycles. The predicted octanol–water partition coefficient (Wildman–Crippen LogP) is 0.439. The van der Waals surface area contributed by atoms with Crippen molar-refractivity contribution in [1.82, 2.24) is 19.7 Å². The average molecular weight is 304 g/mol. The first kappa shape index (κ1) is 15.2. The SMILES string of the molecule is CCOc1ccc(CN2CCN3CCN(C)C(=O)[C@@H]3C2)cn1. The summed E-state index contributed by atoms with van der Waals surface area (Å²) < 4.78 is 5.37. The second-order valence-electron chi connectivity index (χ2n) is 5.98. The average Bonchev–Trinajstić information content (AvgIpc) is 2.54. The zero-order valence-electron chi connectivity index (χ0n) is 13.4. The molecule has 0 N–H and O–H groups in total. The molecule has 6 heteroatoms. The van der Waals surface area contributed by atoms with E-state index in [4.69, 9.17) is 4.74 Å². The van der Waals surface area contributed by atoms with Crippen LogP contribution in [0, 0.1) is 0 Å². The van der Waals surface area contributed by atoms with Gasteiger partial charge in [-0.05, 0) is 12.5 Å². The highest BCUT2D eigenvalue weighted by Gasteiger charge is 2.36. The fourth-order valence-corrected chi connectivity index (χ4v) is 3.16. The molecule has 0 bridgehead atoms. The molecule has 0 saturated carbocycles. The number of nitrogens with zero attached hydrogens (tertiary/aromatic N) is 4. The van der Waals surface area contributed by atoms with Crippen molar-refractivity contribution in [3.8, 4) is 5.88 Å². The maximum Gasteiger partial charge on any atom is 0.241 e. The fourth-order valence-electron chi connectivity index (χ4n) is 3.16. The minimum Gasteiger partial charge on any atom is -0.478 e. The van der Waals surface area contributed by atoms with Crippen LogP contribution in [0.1, 0.15) is 12.5 Å². The van der Waals surface area contributed by atoms with E-state index in [9.17, 15) is 4.79 Å². The van der Waals surface area contributed by atoms with Gasteiger partial charge in [-0.2, -0.15) is 0 Å². The first-order valence-corrected chi connectivity index (χ1v) is 7.96. The van der Waals surface area contributed by atoms with Gasteiger partial charge in [0.15, 0.2) is 0 Å². The highest BCUT2D eigenvalue weighted by atomic mass is 16.5. The Labute approximate surface area is 131 Å². The van der Waals surface area contributed by atoms with Gasteiger partial charge in [0.2, 0.25) is 11.8 Å². The van der Waals surface area contributed by atoms with E-state index in [0.717, 1.165) is 44.8 Å². The van der Waals surface area contributed by atoms with Gasteiger partial charge in [0.25, 0.3) is 0 Å². The Hall–Kier alpha value is -1.66. The first-order chi connectivity index (χ1) is 10.7. The molecule has 1 aromatic rings. The molecule has 2 aliphatic rings. The van der Waals surface area contributed by atoms with Gasteiger partial charge in [-0.3, -0.25) is 14.6 Å². The number of ether oxygens (including phenoxy) is 1. The van der Waals surface area contributed by atoms with Gasteiger partial charge in [0, 0.05) is 58.6 Å². The van der Waals surface area contributed by atoms with Gasteiger partial charge in [-0.1, -0.05) is 6.07 Å². The number of fused-ring (bicyclic) bond motifs is 1. The number of pyridine rings is 1. The third-order valence-electron chi connectivity index (χ3n) is 4.46. The molecule has 22 heavy (non-hydrogen) atoms. The predicted molar refractivity (Wildman–Crippen MR) is 83.7 cm³/mol. The van der Waals surface area contributed by atoms with Crippen LogP contribution in [0.3, 0.4) is 0 Å². The number of aromatic nitrogens is 1. The Morgan fingerprint density at radius 3 is 2.82 bits per heavy atom. The van der Waals surface area contributed by atoms with E-state index >= 15 is 0 Å². The van der Waals surface area contributed by atoms with E-state index in [1.807, 2.05) is 31.1 Å². The lowest BCUT2D eigenvalue weighted by molar-refractivity contribution is -0.143. The van der Waals surface area contributed by atoms with Crippen LogP contribution in [0.25, 0.3) is 0 Å². The van der Waals surface area contributed by atoms with Gasteiger partial charge in [0.1, 0.15) is 6.04 Å². The molecule has 3 rings (SSSR count). The van der Waals surface area contributed by atoms with Gasteiger partial charge < -0.3 is 9.64 Å². The van der Waals surface area contributed by atoms with E-state index in [1.165, 1.54) is 0 Å². The Morgan fingerprint density at radius 1 is 1.27 bits per heavy atom. The number of carbonyl (C=O) groups excluding carboxylic acids is 1. The number of piperazine rings is 2. The topological polar surface area (TPSA) is 48.9 Å². The highest BCUT2D eigenvalue weighted by Crippen LogP contribution is 2.18. The van der Waals surface area contributed by atoms with Crippen molar-refractivity contribution in [2.24, 2.45) is 0 Å². The standard InChI is InChI=1S/C16H24N4O2/c1-3-22-15-5-4-13(10-17-15)11-19-7-9-20-8-6-18(2)16(21)14(20)12-19/h4-5,10,14H,3,6-9,11-12H2,1-2H3/t14-/m0/s1. The maximum atomic E-state index is 12.3. The number of hydrogen-bond acceptors (Lipinski definition) is 5. The molecular weight excluding hydrogens is 280 g/mol. The van der Waals surface area contributed by atoms with Crippen LogP contribution in [-0.2, 0) is 11.3 Å². The van der Waals surface area contributed by atoms with Crippen LogP contribution in [0.2, 0.25) is 0 Å². The minimum atomic E-state index is 0.0168. The van der Waals surface area contributed by atoms with E-state index in [0.29, 0.717) is 12.5 Å². The number of likely N-dealkylation sites (N-methyl/N-ethyl adjacent to an activating group) is 1. The Balaban J connectivity index is 1.60. The van der Waals surface area contributed by atoms with Gasteiger partial charge in [-0.25, -0.2) is 4.98 Å². The van der Waals surface area contributed by atoms with Crippen molar-refractivity contribution in [2.75, 3.05) is 46.4 Å². The largest absolute Gasteiger partial charge is 0.478 e. The number of amides is 1. The molecule has 1 aromatic heterocycles. The van der Waals surface area contributed by atoms with Crippen LogP contribution in [0.5, 0.6) is 5.88 Å². The summed E-state index contributed by atoms with van der Waals surface area (Å²) in [5.41, 5.74) is 1.16. The third kappa shape index (κ3) is 3.23. The second kappa shape index (κ2) is 6.62. The summed E-state index contributed by atoms with van der Waals surface area (Å²) in [4.78, 5) is 23.1.